The average Bonchev–Trinajstić information content (AvgIpc) is 2.41. The number of amides is 2. The van der Waals surface area contributed by atoms with E-state index in [1.807, 2.05) is 0 Å². The Labute approximate surface area is 124 Å². The zero-order valence-electron chi connectivity index (χ0n) is 11.9. The van der Waals surface area contributed by atoms with Crippen molar-refractivity contribution >= 4 is 21.8 Å². The second-order valence-corrected chi connectivity index (χ2v) is 8.25. The molecule has 7 nitrogen and oxygen atoms in total. The van der Waals surface area contributed by atoms with Crippen LogP contribution in [0, 0.1) is 5.92 Å². The van der Waals surface area contributed by atoms with Crippen LogP contribution in [0.1, 0.15) is 38.5 Å². The van der Waals surface area contributed by atoms with Gasteiger partial charge in [0.1, 0.15) is 9.84 Å². The molecule has 3 N–H and O–H groups in total. The smallest absolute Gasteiger partial charge is 0.315 e. The largest absolute Gasteiger partial charge is 0.481 e. The van der Waals surface area contributed by atoms with Crippen LogP contribution in [-0.4, -0.2) is 49.1 Å². The number of aliphatic carboxylic acids is 1. The van der Waals surface area contributed by atoms with Crippen LogP contribution in [0.4, 0.5) is 4.79 Å². The zero-order valence-corrected chi connectivity index (χ0v) is 12.7. The normalized spacial score (nSPS) is 29.5. The van der Waals surface area contributed by atoms with Crippen molar-refractivity contribution in [3.8, 4) is 0 Å². The Morgan fingerprint density at radius 3 is 2.19 bits per heavy atom. The molecule has 2 atom stereocenters. The summed E-state index contributed by atoms with van der Waals surface area (Å²) in [6.07, 6.45) is 3.59. The van der Waals surface area contributed by atoms with Gasteiger partial charge < -0.3 is 15.7 Å². The van der Waals surface area contributed by atoms with Gasteiger partial charge in [0, 0.05) is 12.1 Å². The maximum atomic E-state index is 11.9. The quantitative estimate of drug-likeness (QED) is 0.701. The highest BCUT2D eigenvalue weighted by Crippen LogP contribution is 2.24. The van der Waals surface area contributed by atoms with E-state index in [1.165, 1.54) is 0 Å². The summed E-state index contributed by atoms with van der Waals surface area (Å²) in [5, 5.41) is 14.6. The Balaban J connectivity index is 1.76. The molecular formula is C13H22N2O5S. The van der Waals surface area contributed by atoms with Crippen LogP contribution in [0.3, 0.4) is 0 Å². The van der Waals surface area contributed by atoms with Gasteiger partial charge in [0.2, 0.25) is 0 Å². The Bertz CT molecular complexity index is 491. The lowest BCUT2D eigenvalue weighted by molar-refractivity contribution is -0.143. The first-order valence-corrected chi connectivity index (χ1v) is 9.18. The van der Waals surface area contributed by atoms with Crippen LogP contribution in [-0.2, 0) is 14.6 Å². The molecule has 0 bridgehead atoms. The fourth-order valence-electron chi connectivity index (χ4n) is 2.99. The van der Waals surface area contributed by atoms with E-state index in [-0.39, 0.29) is 35.5 Å². The predicted molar refractivity (Wildman–Crippen MR) is 76.7 cm³/mol. The van der Waals surface area contributed by atoms with E-state index in [1.54, 1.807) is 0 Å². The van der Waals surface area contributed by atoms with Crippen molar-refractivity contribution in [3.63, 3.8) is 0 Å². The summed E-state index contributed by atoms with van der Waals surface area (Å²) < 4.78 is 22.6. The van der Waals surface area contributed by atoms with Crippen molar-refractivity contribution in [2.24, 2.45) is 5.92 Å². The van der Waals surface area contributed by atoms with Gasteiger partial charge in [-0.2, -0.15) is 0 Å². The van der Waals surface area contributed by atoms with E-state index in [4.69, 9.17) is 5.11 Å². The number of carbonyl (C=O) groups excluding carboxylic acids is 1. The van der Waals surface area contributed by atoms with Gasteiger partial charge in [-0.1, -0.05) is 6.42 Å². The number of rotatable bonds is 3. The van der Waals surface area contributed by atoms with Gasteiger partial charge in [0.05, 0.1) is 17.4 Å². The molecule has 1 heterocycles. The molecule has 2 rings (SSSR count). The van der Waals surface area contributed by atoms with Gasteiger partial charge in [-0.3, -0.25) is 4.79 Å². The lowest BCUT2D eigenvalue weighted by atomic mass is 9.86. The minimum Gasteiger partial charge on any atom is -0.481 e. The molecule has 1 aliphatic carbocycles. The molecule has 0 aromatic heterocycles. The Hall–Kier alpha value is -1.31. The summed E-state index contributed by atoms with van der Waals surface area (Å²) >= 11 is 0. The molecule has 2 unspecified atom stereocenters. The summed E-state index contributed by atoms with van der Waals surface area (Å²) in [7, 11) is -2.93. The van der Waals surface area contributed by atoms with Crippen molar-refractivity contribution in [2.75, 3.05) is 11.5 Å². The van der Waals surface area contributed by atoms with Gasteiger partial charge >= 0.3 is 12.0 Å². The lowest BCUT2D eigenvalue weighted by Crippen LogP contribution is -2.49. The molecule has 120 valence electrons. The molecule has 2 amide bonds. The third kappa shape index (κ3) is 4.87. The molecule has 0 spiro atoms. The first-order valence-electron chi connectivity index (χ1n) is 7.36. The fourth-order valence-corrected chi connectivity index (χ4v) is 4.48. The summed E-state index contributed by atoms with van der Waals surface area (Å²) in [5.74, 6) is -0.964. The summed E-state index contributed by atoms with van der Waals surface area (Å²) in [6, 6.07) is -0.560. The minimum atomic E-state index is -2.93. The number of hydrogen-bond donors (Lipinski definition) is 3. The van der Waals surface area contributed by atoms with Gasteiger partial charge in [0.15, 0.2) is 0 Å². The number of carbonyl (C=O) groups is 2. The van der Waals surface area contributed by atoms with Crippen molar-refractivity contribution in [1.82, 2.24) is 10.6 Å². The first-order chi connectivity index (χ1) is 9.85. The average molecular weight is 318 g/mol. The van der Waals surface area contributed by atoms with E-state index in [0.29, 0.717) is 25.7 Å². The van der Waals surface area contributed by atoms with Gasteiger partial charge in [-0.25, -0.2) is 13.2 Å². The van der Waals surface area contributed by atoms with E-state index in [9.17, 15) is 18.0 Å². The van der Waals surface area contributed by atoms with E-state index < -0.39 is 15.8 Å². The Morgan fingerprint density at radius 2 is 1.57 bits per heavy atom. The third-order valence-electron chi connectivity index (χ3n) is 4.25. The fraction of sp³-hybridized carbons (Fsp3) is 0.846. The van der Waals surface area contributed by atoms with Crippen molar-refractivity contribution < 1.29 is 23.1 Å². The molecule has 0 aromatic carbocycles. The lowest BCUT2D eigenvalue weighted by Gasteiger charge is -2.29. The van der Waals surface area contributed by atoms with Crippen LogP contribution in [0.5, 0.6) is 0 Å². The number of nitrogens with one attached hydrogen (secondary N) is 2. The van der Waals surface area contributed by atoms with Gasteiger partial charge in [-0.05, 0) is 32.1 Å². The van der Waals surface area contributed by atoms with Crippen LogP contribution in [0.2, 0.25) is 0 Å². The molecular weight excluding hydrogens is 296 g/mol. The minimum absolute atomic E-state index is 0.114. The van der Waals surface area contributed by atoms with Gasteiger partial charge in [-0.15, -0.1) is 0 Å². The number of hydrogen-bond acceptors (Lipinski definition) is 4. The van der Waals surface area contributed by atoms with Crippen LogP contribution in [0.15, 0.2) is 0 Å². The van der Waals surface area contributed by atoms with Crippen molar-refractivity contribution in [2.45, 2.75) is 50.6 Å². The number of sulfone groups is 1. The summed E-state index contributed by atoms with van der Waals surface area (Å²) in [6.45, 7) is 0. The van der Waals surface area contributed by atoms with E-state index in [0.717, 1.165) is 12.8 Å². The van der Waals surface area contributed by atoms with Gasteiger partial charge in [0.25, 0.3) is 0 Å². The molecule has 2 aliphatic rings. The number of carboxylic acid groups (broad SMARTS) is 1. The molecule has 1 saturated carbocycles. The highest BCUT2D eigenvalue weighted by Gasteiger charge is 2.29. The van der Waals surface area contributed by atoms with E-state index in [2.05, 4.69) is 10.6 Å². The molecule has 0 radical (unpaired) electrons. The maximum absolute atomic E-state index is 11.9. The maximum Gasteiger partial charge on any atom is 0.315 e. The topological polar surface area (TPSA) is 113 Å². The van der Waals surface area contributed by atoms with E-state index >= 15 is 0 Å². The second-order valence-electron chi connectivity index (χ2n) is 5.94. The molecule has 1 aliphatic heterocycles. The summed E-state index contributed by atoms with van der Waals surface area (Å²) in [4.78, 5) is 22.9. The Morgan fingerprint density at radius 1 is 0.952 bits per heavy atom. The van der Waals surface area contributed by atoms with Crippen molar-refractivity contribution in [3.05, 3.63) is 0 Å². The molecule has 2 fully saturated rings. The molecule has 8 heteroatoms. The van der Waals surface area contributed by atoms with Crippen molar-refractivity contribution in [1.29, 1.82) is 0 Å². The highest BCUT2D eigenvalue weighted by molar-refractivity contribution is 7.91. The first kappa shape index (κ1) is 16.1. The summed E-state index contributed by atoms with van der Waals surface area (Å²) in [5.41, 5.74) is 0. The molecule has 0 aromatic rings. The second kappa shape index (κ2) is 6.64. The van der Waals surface area contributed by atoms with Crippen LogP contribution in [0.25, 0.3) is 0 Å². The SMILES string of the molecule is O=C(NC1CCS(=O)(=O)CC1)NC1CCCC(C(=O)O)C1. The third-order valence-corrected chi connectivity index (χ3v) is 5.96. The zero-order chi connectivity index (χ0) is 15.5. The van der Waals surface area contributed by atoms with Crippen LogP contribution >= 0.6 is 0 Å². The standard InChI is InChI=1S/C13H22N2O5S/c16-12(17)9-2-1-3-11(8-9)15-13(18)14-10-4-6-21(19,20)7-5-10/h9-11H,1-8H2,(H,16,17)(H2,14,15,18). The monoisotopic (exact) mass is 318 g/mol. The van der Waals surface area contributed by atoms with Crippen LogP contribution < -0.4 is 10.6 Å². The number of urea groups is 1. The molecule has 21 heavy (non-hydrogen) atoms. The highest BCUT2D eigenvalue weighted by atomic mass is 32.2. The predicted octanol–water partition coefficient (Wildman–Crippen LogP) is 0.506. The number of carboxylic acids is 1. The molecule has 1 saturated heterocycles. The Kier molecular flexibility index (Phi) is 5.08.